The summed E-state index contributed by atoms with van der Waals surface area (Å²) in [7, 11) is 0. The van der Waals surface area contributed by atoms with E-state index in [-0.39, 0.29) is 0 Å². The zero-order valence-electron chi connectivity index (χ0n) is 8.03. The highest BCUT2D eigenvalue weighted by molar-refractivity contribution is 5.93. The highest BCUT2D eigenvalue weighted by atomic mass is 14.5. The number of rotatable bonds is 2. The van der Waals surface area contributed by atoms with Crippen LogP contribution in [-0.4, -0.2) is 0 Å². The van der Waals surface area contributed by atoms with Gasteiger partial charge in [-0.1, -0.05) is 36.4 Å². The van der Waals surface area contributed by atoms with E-state index in [4.69, 9.17) is 5.73 Å². The topological polar surface area (TPSA) is 26.0 Å². The van der Waals surface area contributed by atoms with Crippen molar-refractivity contribution < 1.29 is 0 Å². The van der Waals surface area contributed by atoms with E-state index in [0.717, 1.165) is 17.5 Å². The van der Waals surface area contributed by atoms with Gasteiger partial charge < -0.3 is 5.73 Å². The van der Waals surface area contributed by atoms with Crippen LogP contribution in [0.2, 0.25) is 0 Å². The number of hydrogen-bond acceptors (Lipinski definition) is 1. The first-order valence-corrected chi connectivity index (χ1v) is 4.69. The van der Waals surface area contributed by atoms with Crippen molar-refractivity contribution in [3.8, 4) is 0 Å². The Morgan fingerprint density at radius 3 is 2.79 bits per heavy atom. The maximum atomic E-state index is 5.95. The zero-order chi connectivity index (χ0) is 9.97. The molecule has 0 radical (unpaired) electrons. The fraction of sp³-hybridized carbons (Fsp3) is 0.0769. The number of anilines is 1. The van der Waals surface area contributed by atoms with Gasteiger partial charge in [-0.2, -0.15) is 0 Å². The van der Waals surface area contributed by atoms with E-state index in [1.54, 1.807) is 0 Å². The van der Waals surface area contributed by atoms with Crippen LogP contribution in [0, 0.1) is 0 Å². The molecule has 0 saturated heterocycles. The van der Waals surface area contributed by atoms with E-state index in [1.807, 2.05) is 30.3 Å². The van der Waals surface area contributed by atoms with Crippen LogP contribution in [-0.2, 0) is 6.42 Å². The zero-order valence-corrected chi connectivity index (χ0v) is 8.03. The van der Waals surface area contributed by atoms with Crippen LogP contribution < -0.4 is 5.73 Å². The maximum Gasteiger partial charge on any atom is 0.0396 e. The molecule has 0 aliphatic rings. The molecular formula is C13H13N. The SMILES string of the molecule is C=CCc1cc(N)c2ccccc2c1. The predicted octanol–water partition coefficient (Wildman–Crippen LogP) is 3.15. The Kier molecular flexibility index (Phi) is 2.23. The Bertz CT molecular complexity index is 472. The van der Waals surface area contributed by atoms with E-state index in [1.165, 1.54) is 10.9 Å². The van der Waals surface area contributed by atoms with Crippen LogP contribution in [0.15, 0.2) is 49.1 Å². The summed E-state index contributed by atoms with van der Waals surface area (Å²) in [6, 6.07) is 12.3. The summed E-state index contributed by atoms with van der Waals surface area (Å²) < 4.78 is 0. The van der Waals surface area contributed by atoms with Crippen molar-refractivity contribution in [3.05, 3.63) is 54.6 Å². The summed E-state index contributed by atoms with van der Waals surface area (Å²) in [5.41, 5.74) is 8.02. The first-order chi connectivity index (χ1) is 6.81. The van der Waals surface area contributed by atoms with Gasteiger partial charge in [0.25, 0.3) is 0 Å². The van der Waals surface area contributed by atoms with Crippen molar-refractivity contribution in [2.75, 3.05) is 5.73 Å². The number of allylic oxidation sites excluding steroid dienone is 1. The molecule has 0 spiro atoms. The Morgan fingerprint density at radius 1 is 1.21 bits per heavy atom. The summed E-state index contributed by atoms with van der Waals surface area (Å²) in [4.78, 5) is 0. The molecule has 70 valence electrons. The van der Waals surface area contributed by atoms with Gasteiger partial charge in [-0.25, -0.2) is 0 Å². The van der Waals surface area contributed by atoms with Gasteiger partial charge in [0.1, 0.15) is 0 Å². The number of nitrogen functional groups attached to an aromatic ring is 1. The molecule has 0 bridgehead atoms. The highest BCUT2D eigenvalue weighted by Gasteiger charge is 1.99. The number of hydrogen-bond donors (Lipinski definition) is 1. The van der Waals surface area contributed by atoms with Gasteiger partial charge in [0.15, 0.2) is 0 Å². The van der Waals surface area contributed by atoms with Crippen LogP contribution in [0.5, 0.6) is 0 Å². The van der Waals surface area contributed by atoms with Crippen molar-refractivity contribution in [2.45, 2.75) is 6.42 Å². The molecule has 2 N–H and O–H groups in total. The Balaban J connectivity index is 2.65. The Labute approximate surface area is 83.9 Å². The number of benzene rings is 2. The van der Waals surface area contributed by atoms with Crippen molar-refractivity contribution in [2.24, 2.45) is 0 Å². The molecule has 14 heavy (non-hydrogen) atoms. The summed E-state index contributed by atoms with van der Waals surface area (Å²) in [6.45, 7) is 3.72. The number of nitrogens with two attached hydrogens (primary N) is 1. The summed E-state index contributed by atoms with van der Waals surface area (Å²) in [5, 5.41) is 2.32. The molecule has 0 fully saturated rings. The molecule has 1 heteroatoms. The van der Waals surface area contributed by atoms with Gasteiger partial charge in [-0.3, -0.25) is 0 Å². The van der Waals surface area contributed by atoms with E-state index < -0.39 is 0 Å². The minimum Gasteiger partial charge on any atom is -0.398 e. The minimum atomic E-state index is 0.847. The number of fused-ring (bicyclic) bond motifs is 1. The third kappa shape index (κ3) is 1.49. The normalized spacial score (nSPS) is 10.3. The summed E-state index contributed by atoms with van der Waals surface area (Å²) >= 11 is 0. The fourth-order valence-electron chi connectivity index (χ4n) is 1.69. The van der Waals surface area contributed by atoms with Gasteiger partial charge >= 0.3 is 0 Å². The lowest BCUT2D eigenvalue weighted by Crippen LogP contribution is -1.90. The van der Waals surface area contributed by atoms with Gasteiger partial charge in [0.05, 0.1) is 0 Å². The van der Waals surface area contributed by atoms with Gasteiger partial charge in [-0.15, -0.1) is 6.58 Å². The minimum absolute atomic E-state index is 0.847. The predicted molar refractivity (Wildman–Crippen MR) is 62.3 cm³/mol. The molecule has 0 heterocycles. The molecule has 2 aromatic carbocycles. The molecule has 0 aliphatic carbocycles. The van der Waals surface area contributed by atoms with Crippen LogP contribution in [0.25, 0.3) is 10.8 Å². The van der Waals surface area contributed by atoms with E-state index >= 15 is 0 Å². The first kappa shape index (κ1) is 8.82. The standard InChI is InChI=1S/C13H13N/c1-2-5-10-8-11-6-3-4-7-12(11)13(14)9-10/h2-4,6-9H,1,5,14H2. The molecule has 0 amide bonds. The lowest BCUT2D eigenvalue weighted by atomic mass is 10.0. The fourth-order valence-corrected chi connectivity index (χ4v) is 1.69. The third-order valence-electron chi connectivity index (χ3n) is 2.33. The second-order valence-corrected chi connectivity index (χ2v) is 3.40. The van der Waals surface area contributed by atoms with Crippen LogP contribution in [0.1, 0.15) is 5.56 Å². The lowest BCUT2D eigenvalue weighted by molar-refractivity contribution is 1.29. The monoisotopic (exact) mass is 183 g/mol. The van der Waals surface area contributed by atoms with E-state index in [2.05, 4.69) is 18.7 Å². The Hall–Kier alpha value is -1.76. The van der Waals surface area contributed by atoms with Crippen molar-refractivity contribution in [3.63, 3.8) is 0 Å². The summed E-state index contributed by atoms with van der Waals surface area (Å²) in [5.74, 6) is 0. The van der Waals surface area contributed by atoms with Gasteiger partial charge in [0.2, 0.25) is 0 Å². The highest BCUT2D eigenvalue weighted by Crippen LogP contribution is 2.23. The molecule has 2 aromatic rings. The second-order valence-electron chi connectivity index (χ2n) is 3.40. The van der Waals surface area contributed by atoms with Crippen LogP contribution >= 0.6 is 0 Å². The van der Waals surface area contributed by atoms with Crippen molar-refractivity contribution >= 4 is 16.5 Å². The molecule has 0 aliphatic heterocycles. The smallest absolute Gasteiger partial charge is 0.0396 e. The van der Waals surface area contributed by atoms with Gasteiger partial charge in [-0.05, 0) is 23.4 Å². The van der Waals surface area contributed by atoms with Crippen molar-refractivity contribution in [1.29, 1.82) is 0 Å². The molecule has 0 atom stereocenters. The molecule has 2 rings (SSSR count). The third-order valence-corrected chi connectivity index (χ3v) is 2.33. The molecular weight excluding hydrogens is 170 g/mol. The molecule has 1 nitrogen and oxygen atoms in total. The lowest BCUT2D eigenvalue weighted by Gasteiger charge is -2.04. The maximum absolute atomic E-state index is 5.95. The van der Waals surface area contributed by atoms with E-state index in [9.17, 15) is 0 Å². The van der Waals surface area contributed by atoms with Crippen LogP contribution in [0.4, 0.5) is 5.69 Å². The molecule has 0 aromatic heterocycles. The van der Waals surface area contributed by atoms with E-state index in [0.29, 0.717) is 0 Å². The summed E-state index contributed by atoms with van der Waals surface area (Å²) in [6.07, 6.45) is 2.76. The quantitative estimate of drug-likeness (QED) is 0.561. The average molecular weight is 183 g/mol. The molecule has 0 saturated carbocycles. The molecule has 0 unspecified atom stereocenters. The second kappa shape index (κ2) is 3.54. The van der Waals surface area contributed by atoms with Crippen molar-refractivity contribution in [1.82, 2.24) is 0 Å². The van der Waals surface area contributed by atoms with Gasteiger partial charge in [0, 0.05) is 11.1 Å². The van der Waals surface area contributed by atoms with Crippen LogP contribution in [0.3, 0.4) is 0 Å². The Morgan fingerprint density at radius 2 is 2.00 bits per heavy atom. The largest absolute Gasteiger partial charge is 0.398 e. The first-order valence-electron chi connectivity index (χ1n) is 4.69. The average Bonchev–Trinajstić information content (AvgIpc) is 2.18.